The first-order valence-corrected chi connectivity index (χ1v) is 5.14. The van der Waals surface area contributed by atoms with Crippen LogP contribution in [-0.2, 0) is 0 Å². The minimum atomic E-state index is -0.0382. The second-order valence-corrected chi connectivity index (χ2v) is 3.77. The Bertz CT molecular complexity index is 140. The van der Waals surface area contributed by atoms with E-state index < -0.39 is 0 Å². The highest BCUT2D eigenvalue weighted by Gasteiger charge is 2.19. The summed E-state index contributed by atoms with van der Waals surface area (Å²) in [4.78, 5) is 0. The number of aliphatic hydroxyl groups excluding tert-OH is 1. The molecular weight excluding hydrogens is 148 g/mol. The van der Waals surface area contributed by atoms with E-state index in [-0.39, 0.29) is 6.10 Å². The number of hydrogen-bond donors (Lipinski definition) is 1. The van der Waals surface area contributed by atoms with Crippen molar-refractivity contribution in [1.82, 2.24) is 0 Å². The average Bonchev–Trinajstić information content (AvgIpc) is 2.27. The second kappa shape index (κ2) is 5.36. The quantitative estimate of drug-likeness (QED) is 0.496. The van der Waals surface area contributed by atoms with Gasteiger partial charge in [-0.25, -0.2) is 0 Å². The van der Waals surface area contributed by atoms with Gasteiger partial charge in [0.05, 0.1) is 6.10 Å². The molecule has 1 aliphatic carbocycles. The fourth-order valence-electron chi connectivity index (χ4n) is 1.95. The number of hydrogen-bond acceptors (Lipinski definition) is 1. The average molecular weight is 168 g/mol. The SMILES string of the molecule is C/C=C/CC1CCCCCC1O. The van der Waals surface area contributed by atoms with Crippen LogP contribution in [0.5, 0.6) is 0 Å². The van der Waals surface area contributed by atoms with Crippen molar-refractivity contribution in [1.29, 1.82) is 0 Å². The minimum absolute atomic E-state index is 0.0382. The summed E-state index contributed by atoms with van der Waals surface area (Å²) in [5, 5.41) is 9.74. The molecule has 0 radical (unpaired) electrons. The molecule has 0 bridgehead atoms. The highest BCUT2D eigenvalue weighted by atomic mass is 16.3. The molecule has 2 unspecified atom stereocenters. The first kappa shape index (κ1) is 9.79. The summed E-state index contributed by atoms with van der Waals surface area (Å²) in [5.41, 5.74) is 0. The van der Waals surface area contributed by atoms with E-state index in [2.05, 4.69) is 12.2 Å². The summed E-state index contributed by atoms with van der Waals surface area (Å²) in [7, 11) is 0. The van der Waals surface area contributed by atoms with Crippen molar-refractivity contribution in [2.24, 2.45) is 5.92 Å². The molecule has 0 aliphatic heterocycles. The van der Waals surface area contributed by atoms with Crippen LogP contribution in [0.2, 0.25) is 0 Å². The van der Waals surface area contributed by atoms with Gasteiger partial charge in [0.25, 0.3) is 0 Å². The van der Waals surface area contributed by atoms with E-state index in [1.807, 2.05) is 6.92 Å². The van der Waals surface area contributed by atoms with E-state index in [0.29, 0.717) is 5.92 Å². The lowest BCUT2D eigenvalue weighted by Crippen LogP contribution is -2.17. The third-order valence-corrected chi connectivity index (χ3v) is 2.79. The summed E-state index contributed by atoms with van der Waals surface area (Å²) in [6.45, 7) is 2.04. The van der Waals surface area contributed by atoms with Gasteiger partial charge >= 0.3 is 0 Å². The summed E-state index contributed by atoms with van der Waals surface area (Å²) in [6, 6.07) is 0. The van der Waals surface area contributed by atoms with Crippen LogP contribution in [0, 0.1) is 5.92 Å². The van der Waals surface area contributed by atoms with Gasteiger partial charge in [-0.15, -0.1) is 0 Å². The predicted octanol–water partition coefficient (Wildman–Crippen LogP) is 2.89. The molecule has 1 saturated carbocycles. The van der Waals surface area contributed by atoms with Gasteiger partial charge in [0.2, 0.25) is 0 Å². The number of rotatable bonds is 2. The largest absolute Gasteiger partial charge is 0.393 e. The van der Waals surface area contributed by atoms with Gasteiger partial charge < -0.3 is 5.11 Å². The molecule has 1 heteroatoms. The van der Waals surface area contributed by atoms with Crippen LogP contribution < -0.4 is 0 Å². The lowest BCUT2D eigenvalue weighted by Gasteiger charge is -2.17. The Labute approximate surface area is 75.5 Å². The van der Waals surface area contributed by atoms with Gasteiger partial charge in [-0.1, -0.05) is 31.4 Å². The maximum atomic E-state index is 9.74. The molecule has 1 nitrogen and oxygen atoms in total. The van der Waals surface area contributed by atoms with E-state index in [1.165, 1.54) is 25.7 Å². The molecule has 0 amide bonds. The van der Waals surface area contributed by atoms with Crippen molar-refractivity contribution in [3.05, 3.63) is 12.2 Å². The van der Waals surface area contributed by atoms with Crippen molar-refractivity contribution in [3.8, 4) is 0 Å². The van der Waals surface area contributed by atoms with E-state index in [4.69, 9.17) is 0 Å². The van der Waals surface area contributed by atoms with E-state index in [1.54, 1.807) is 0 Å². The lowest BCUT2D eigenvalue weighted by molar-refractivity contribution is 0.102. The Kier molecular flexibility index (Phi) is 4.37. The molecule has 1 fully saturated rings. The fourth-order valence-corrected chi connectivity index (χ4v) is 1.95. The highest BCUT2D eigenvalue weighted by Crippen LogP contribution is 2.26. The molecule has 0 spiro atoms. The monoisotopic (exact) mass is 168 g/mol. The summed E-state index contributed by atoms with van der Waals surface area (Å²) in [5.74, 6) is 0.531. The van der Waals surface area contributed by atoms with Gasteiger partial charge in [-0.05, 0) is 32.1 Å². The molecule has 0 heterocycles. The van der Waals surface area contributed by atoms with Crippen LogP contribution >= 0.6 is 0 Å². The van der Waals surface area contributed by atoms with Gasteiger partial charge in [0.1, 0.15) is 0 Å². The van der Waals surface area contributed by atoms with E-state index in [0.717, 1.165) is 12.8 Å². The van der Waals surface area contributed by atoms with E-state index >= 15 is 0 Å². The minimum Gasteiger partial charge on any atom is -0.393 e. The molecule has 0 aromatic carbocycles. The standard InChI is InChI=1S/C11H20O/c1-2-3-7-10-8-5-4-6-9-11(10)12/h2-3,10-12H,4-9H2,1H3/b3-2+. The maximum absolute atomic E-state index is 9.74. The summed E-state index contributed by atoms with van der Waals surface area (Å²) < 4.78 is 0. The lowest BCUT2D eigenvalue weighted by atomic mass is 9.94. The van der Waals surface area contributed by atoms with Gasteiger partial charge in [0.15, 0.2) is 0 Å². The Morgan fingerprint density at radius 3 is 2.75 bits per heavy atom. The van der Waals surface area contributed by atoms with Crippen LogP contribution in [0.1, 0.15) is 45.4 Å². The summed E-state index contributed by atoms with van der Waals surface area (Å²) >= 11 is 0. The van der Waals surface area contributed by atoms with Crippen LogP contribution in [0.4, 0.5) is 0 Å². The van der Waals surface area contributed by atoms with Crippen molar-refractivity contribution in [3.63, 3.8) is 0 Å². The third-order valence-electron chi connectivity index (χ3n) is 2.79. The Balaban J connectivity index is 2.36. The van der Waals surface area contributed by atoms with Crippen LogP contribution in [0.15, 0.2) is 12.2 Å². The molecule has 70 valence electrons. The topological polar surface area (TPSA) is 20.2 Å². The molecular formula is C11H20O. The number of allylic oxidation sites excluding steroid dienone is 2. The van der Waals surface area contributed by atoms with Crippen molar-refractivity contribution >= 4 is 0 Å². The van der Waals surface area contributed by atoms with Crippen molar-refractivity contribution < 1.29 is 5.11 Å². The van der Waals surface area contributed by atoms with Crippen LogP contribution in [-0.4, -0.2) is 11.2 Å². The zero-order valence-electron chi connectivity index (χ0n) is 8.00. The summed E-state index contributed by atoms with van der Waals surface area (Å²) in [6.07, 6.45) is 11.3. The number of aliphatic hydroxyl groups is 1. The Hall–Kier alpha value is -0.300. The molecule has 0 aromatic rings. The zero-order chi connectivity index (χ0) is 8.81. The molecule has 1 rings (SSSR count). The fraction of sp³-hybridized carbons (Fsp3) is 0.818. The molecule has 2 atom stereocenters. The highest BCUT2D eigenvalue weighted by molar-refractivity contribution is 4.84. The van der Waals surface area contributed by atoms with Gasteiger partial charge in [-0.2, -0.15) is 0 Å². The first-order valence-electron chi connectivity index (χ1n) is 5.14. The van der Waals surface area contributed by atoms with Gasteiger partial charge in [0, 0.05) is 0 Å². The van der Waals surface area contributed by atoms with Crippen molar-refractivity contribution in [2.45, 2.75) is 51.6 Å². The normalized spacial score (nSPS) is 32.2. The van der Waals surface area contributed by atoms with Gasteiger partial charge in [-0.3, -0.25) is 0 Å². The smallest absolute Gasteiger partial charge is 0.0571 e. The third kappa shape index (κ3) is 2.98. The van der Waals surface area contributed by atoms with Crippen LogP contribution in [0.25, 0.3) is 0 Å². The van der Waals surface area contributed by atoms with Crippen molar-refractivity contribution in [2.75, 3.05) is 0 Å². The first-order chi connectivity index (χ1) is 5.84. The maximum Gasteiger partial charge on any atom is 0.0571 e. The zero-order valence-corrected chi connectivity index (χ0v) is 8.00. The molecule has 1 aliphatic rings. The predicted molar refractivity (Wildman–Crippen MR) is 52.0 cm³/mol. The second-order valence-electron chi connectivity index (χ2n) is 3.77. The molecule has 12 heavy (non-hydrogen) atoms. The molecule has 1 N–H and O–H groups in total. The van der Waals surface area contributed by atoms with Crippen LogP contribution in [0.3, 0.4) is 0 Å². The van der Waals surface area contributed by atoms with E-state index in [9.17, 15) is 5.11 Å². The Morgan fingerprint density at radius 2 is 2.00 bits per heavy atom. The molecule has 0 aromatic heterocycles. The Morgan fingerprint density at radius 1 is 1.25 bits per heavy atom. The molecule has 0 saturated heterocycles.